The molecular formula is C12H11FN2OS. The molecule has 0 aliphatic carbocycles. The minimum atomic E-state index is -0.226. The first kappa shape index (κ1) is 10.7. The molecule has 3 nitrogen and oxygen atoms in total. The Hall–Kier alpha value is -1.46. The van der Waals surface area contributed by atoms with Crippen LogP contribution in [0.1, 0.15) is 5.56 Å². The number of thiazole rings is 1. The van der Waals surface area contributed by atoms with Crippen molar-refractivity contribution in [3.05, 3.63) is 35.1 Å². The normalized spacial score (nSPS) is 17.9. The van der Waals surface area contributed by atoms with Gasteiger partial charge in [-0.2, -0.15) is 0 Å². The molecule has 2 heterocycles. The van der Waals surface area contributed by atoms with E-state index in [2.05, 4.69) is 4.98 Å². The van der Waals surface area contributed by atoms with Crippen molar-refractivity contribution in [3.8, 4) is 16.3 Å². The van der Waals surface area contributed by atoms with Crippen LogP contribution in [0.25, 0.3) is 10.6 Å². The Labute approximate surface area is 102 Å². The molecule has 3 rings (SSSR count). The molecule has 1 aliphatic rings. The molecule has 2 aromatic rings. The number of aromatic nitrogens is 1. The van der Waals surface area contributed by atoms with Crippen molar-refractivity contribution in [3.63, 3.8) is 0 Å². The van der Waals surface area contributed by atoms with E-state index in [0.29, 0.717) is 24.3 Å². The van der Waals surface area contributed by atoms with E-state index in [9.17, 15) is 4.39 Å². The van der Waals surface area contributed by atoms with Gasteiger partial charge < -0.3 is 10.5 Å². The first-order valence-electron chi connectivity index (χ1n) is 5.37. The number of hydrogen-bond donors (Lipinski definition) is 1. The van der Waals surface area contributed by atoms with Gasteiger partial charge in [-0.15, -0.1) is 11.3 Å². The van der Waals surface area contributed by atoms with E-state index in [0.717, 1.165) is 10.6 Å². The number of nitrogens with two attached hydrogens (primary N) is 1. The Morgan fingerprint density at radius 3 is 3.12 bits per heavy atom. The number of rotatable bonds is 2. The Balaban J connectivity index is 2.12. The Morgan fingerprint density at radius 2 is 2.41 bits per heavy atom. The van der Waals surface area contributed by atoms with Crippen molar-refractivity contribution in [1.29, 1.82) is 0 Å². The zero-order valence-electron chi connectivity index (χ0n) is 9.02. The van der Waals surface area contributed by atoms with Gasteiger partial charge in [0, 0.05) is 30.1 Å². The molecule has 1 aromatic heterocycles. The third-order valence-electron chi connectivity index (χ3n) is 2.85. The van der Waals surface area contributed by atoms with Crippen LogP contribution in [0.2, 0.25) is 0 Å². The van der Waals surface area contributed by atoms with Crippen molar-refractivity contribution in [2.45, 2.75) is 12.5 Å². The largest absolute Gasteiger partial charge is 0.488 e. The van der Waals surface area contributed by atoms with Crippen LogP contribution < -0.4 is 10.5 Å². The standard InChI is InChI=1S/C12H11FN2OS/c13-10-2-1-8(12-15-3-4-17-12)11-9(10)5-7(6-14)16-11/h1-4,7H,5-6,14H2/t7-/m1/s1. The Bertz CT molecular complexity index is 542. The van der Waals surface area contributed by atoms with E-state index < -0.39 is 0 Å². The molecule has 2 N–H and O–H groups in total. The second kappa shape index (κ2) is 4.09. The Morgan fingerprint density at radius 1 is 1.53 bits per heavy atom. The van der Waals surface area contributed by atoms with E-state index in [1.54, 1.807) is 12.3 Å². The smallest absolute Gasteiger partial charge is 0.136 e. The summed E-state index contributed by atoms with van der Waals surface area (Å²) in [6.07, 6.45) is 2.14. The van der Waals surface area contributed by atoms with Crippen LogP contribution >= 0.6 is 11.3 Å². The fraction of sp³-hybridized carbons (Fsp3) is 0.250. The highest BCUT2D eigenvalue weighted by molar-refractivity contribution is 7.13. The molecule has 0 radical (unpaired) electrons. The SMILES string of the molecule is NC[C@H]1Cc2c(F)ccc(-c3nccs3)c2O1. The summed E-state index contributed by atoms with van der Waals surface area (Å²) in [6.45, 7) is 0.394. The number of halogens is 1. The van der Waals surface area contributed by atoms with Crippen molar-refractivity contribution in [2.75, 3.05) is 6.54 Å². The fourth-order valence-corrected chi connectivity index (χ4v) is 2.68. The molecule has 88 valence electrons. The second-order valence-corrected chi connectivity index (χ2v) is 4.81. The summed E-state index contributed by atoms with van der Waals surface area (Å²) in [5, 5.41) is 2.74. The summed E-state index contributed by atoms with van der Waals surface area (Å²) in [6, 6.07) is 3.18. The first-order valence-corrected chi connectivity index (χ1v) is 6.25. The van der Waals surface area contributed by atoms with Gasteiger partial charge in [0.15, 0.2) is 0 Å². The monoisotopic (exact) mass is 250 g/mol. The predicted octanol–water partition coefficient (Wildman–Crippen LogP) is 2.21. The maximum atomic E-state index is 13.7. The third-order valence-corrected chi connectivity index (χ3v) is 3.65. The highest BCUT2D eigenvalue weighted by Gasteiger charge is 2.28. The summed E-state index contributed by atoms with van der Waals surface area (Å²) in [7, 11) is 0. The van der Waals surface area contributed by atoms with Gasteiger partial charge in [-0.1, -0.05) is 0 Å². The van der Waals surface area contributed by atoms with Gasteiger partial charge in [-0.25, -0.2) is 9.37 Å². The molecular weight excluding hydrogens is 239 g/mol. The molecule has 17 heavy (non-hydrogen) atoms. The van der Waals surface area contributed by atoms with Gasteiger partial charge >= 0.3 is 0 Å². The van der Waals surface area contributed by atoms with Gasteiger partial charge in [-0.3, -0.25) is 0 Å². The molecule has 5 heteroatoms. The number of hydrogen-bond acceptors (Lipinski definition) is 4. The lowest BCUT2D eigenvalue weighted by molar-refractivity contribution is 0.242. The minimum Gasteiger partial charge on any atom is -0.488 e. The molecule has 0 bridgehead atoms. The van der Waals surface area contributed by atoms with Crippen LogP contribution in [0.5, 0.6) is 5.75 Å². The van der Waals surface area contributed by atoms with Crippen LogP contribution in [-0.2, 0) is 6.42 Å². The molecule has 1 aliphatic heterocycles. The predicted molar refractivity (Wildman–Crippen MR) is 64.7 cm³/mol. The average Bonchev–Trinajstić information content (AvgIpc) is 2.98. The molecule has 0 unspecified atom stereocenters. The summed E-state index contributed by atoms with van der Waals surface area (Å²) in [5.74, 6) is 0.381. The van der Waals surface area contributed by atoms with Crippen molar-refractivity contribution in [1.82, 2.24) is 4.98 Å². The van der Waals surface area contributed by atoms with Crippen LogP contribution in [-0.4, -0.2) is 17.6 Å². The summed E-state index contributed by atoms with van der Waals surface area (Å²) in [5.41, 5.74) is 7.04. The summed E-state index contributed by atoms with van der Waals surface area (Å²) >= 11 is 1.51. The van der Waals surface area contributed by atoms with Crippen molar-refractivity contribution >= 4 is 11.3 Å². The molecule has 0 fully saturated rings. The minimum absolute atomic E-state index is 0.124. The number of fused-ring (bicyclic) bond motifs is 1. The fourth-order valence-electron chi connectivity index (χ4n) is 2.02. The van der Waals surface area contributed by atoms with E-state index in [-0.39, 0.29) is 11.9 Å². The van der Waals surface area contributed by atoms with Gasteiger partial charge in [0.1, 0.15) is 22.7 Å². The number of nitrogens with zero attached hydrogens (tertiary/aromatic N) is 1. The van der Waals surface area contributed by atoms with E-state index in [4.69, 9.17) is 10.5 Å². The summed E-state index contributed by atoms with van der Waals surface area (Å²) < 4.78 is 19.4. The first-order chi connectivity index (χ1) is 8.29. The quantitative estimate of drug-likeness (QED) is 0.889. The van der Waals surface area contributed by atoms with E-state index in [1.807, 2.05) is 5.38 Å². The summed E-state index contributed by atoms with van der Waals surface area (Å²) in [4.78, 5) is 4.23. The molecule has 0 amide bonds. The van der Waals surface area contributed by atoms with Gasteiger partial charge in [0.05, 0.1) is 5.56 Å². The van der Waals surface area contributed by atoms with E-state index >= 15 is 0 Å². The van der Waals surface area contributed by atoms with Crippen LogP contribution in [0.15, 0.2) is 23.7 Å². The Kier molecular flexibility index (Phi) is 2.57. The molecule has 0 saturated carbocycles. The van der Waals surface area contributed by atoms with Crippen LogP contribution in [0.4, 0.5) is 4.39 Å². The number of ether oxygens (including phenoxy) is 1. The van der Waals surface area contributed by atoms with Crippen molar-refractivity contribution in [2.24, 2.45) is 5.73 Å². The molecule has 1 atom stereocenters. The topological polar surface area (TPSA) is 48.1 Å². The third kappa shape index (κ3) is 1.71. The lowest BCUT2D eigenvalue weighted by atomic mass is 10.1. The van der Waals surface area contributed by atoms with E-state index in [1.165, 1.54) is 17.4 Å². The van der Waals surface area contributed by atoms with Crippen LogP contribution in [0.3, 0.4) is 0 Å². The maximum Gasteiger partial charge on any atom is 0.136 e. The molecule has 1 aromatic carbocycles. The van der Waals surface area contributed by atoms with Crippen LogP contribution in [0, 0.1) is 5.82 Å². The molecule has 0 spiro atoms. The molecule has 0 saturated heterocycles. The van der Waals surface area contributed by atoms with Gasteiger partial charge in [0.2, 0.25) is 0 Å². The number of benzene rings is 1. The highest BCUT2D eigenvalue weighted by atomic mass is 32.1. The lowest BCUT2D eigenvalue weighted by Gasteiger charge is -2.09. The van der Waals surface area contributed by atoms with Crippen molar-refractivity contribution < 1.29 is 9.13 Å². The lowest BCUT2D eigenvalue weighted by Crippen LogP contribution is -2.24. The second-order valence-electron chi connectivity index (χ2n) is 3.92. The highest BCUT2D eigenvalue weighted by Crippen LogP contribution is 2.40. The zero-order chi connectivity index (χ0) is 11.8. The average molecular weight is 250 g/mol. The zero-order valence-corrected chi connectivity index (χ0v) is 9.84. The van der Waals surface area contributed by atoms with Gasteiger partial charge in [0.25, 0.3) is 0 Å². The van der Waals surface area contributed by atoms with Gasteiger partial charge in [-0.05, 0) is 12.1 Å². The maximum absolute atomic E-state index is 13.7.